The predicted octanol–water partition coefficient (Wildman–Crippen LogP) is 2.74. The van der Waals surface area contributed by atoms with Gasteiger partial charge >= 0.3 is 0 Å². The van der Waals surface area contributed by atoms with Crippen molar-refractivity contribution in [2.45, 2.75) is 38.5 Å². The molecule has 1 saturated heterocycles. The first-order valence-corrected chi connectivity index (χ1v) is 9.27. The Bertz CT molecular complexity index is 801. The van der Waals surface area contributed by atoms with E-state index < -0.39 is 10.0 Å². The number of sulfonamides is 1. The van der Waals surface area contributed by atoms with Crippen LogP contribution < -0.4 is 9.62 Å². The Kier molecular flexibility index (Phi) is 4.06. The van der Waals surface area contributed by atoms with Crippen molar-refractivity contribution in [1.29, 1.82) is 0 Å². The first kappa shape index (κ1) is 15.9. The smallest absolute Gasteiger partial charge is 0.265 e. The van der Waals surface area contributed by atoms with Crippen LogP contribution in [0.2, 0.25) is 0 Å². The maximum atomic E-state index is 12.7. The summed E-state index contributed by atoms with van der Waals surface area (Å²) in [7, 11) is -3.66. The fraction of sp³-hybridized carbons (Fsp3) is 0.438. The summed E-state index contributed by atoms with van der Waals surface area (Å²) in [5.41, 5.74) is 3.60. The summed E-state index contributed by atoms with van der Waals surface area (Å²) in [5.74, 6) is 0. The van der Waals surface area contributed by atoms with Crippen molar-refractivity contribution in [3.8, 4) is 0 Å². The molecule has 0 spiro atoms. The number of hydrogen-bond acceptors (Lipinski definition) is 4. The molecule has 2 aromatic rings. The van der Waals surface area contributed by atoms with E-state index in [0.29, 0.717) is 17.1 Å². The fourth-order valence-electron chi connectivity index (χ4n) is 3.02. The van der Waals surface area contributed by atoms with E-state index >= 15 is 0 Å². The van der Waals surface area contributed by atoms with Crippen LogP contribution in [0.3, 0.4) is 0 Å². The third-order valence-electron chi connectivity index (χ3n) is 4.27. The van der Waals surface area contributed by atoms with Crippen molar-refractivity contribution in [2.75, 3.05) is 22.7 Å². The largest absolute Gasteiger partial charge is 0.371 e. The molecule has 0 saturated carbocycles. The molecular weight excluding hydrogens is 312 g/mol. The molecule has 0 radical (unpaired) electrons. The number of nitrogens with one attached hydrogen (secondary N) is 2. The molecule has 0 bridgehead atoms. The molecule has 23 heavy (non-hydrogen) atoms. The van der Waals surface area contributed by atoms with Gasteiger partial charge in [0.25, 0.3) is 10.0 Å². The number of aromatic nitrogens is 2. The van der Waals surface area contributed by atoms with Gasteiger partial charge in [-0.3, -0.25) is 9.82 Å². The molecule has 124 valence electrons. The third-order valence-corrected chi connectivity index (χ3v) is 5.89. The summed E-state index contributed by atoms with van der Waals surface area (Å²) < 4.78 is 28.1. The standard InChI is InChI=1S/C16H22N4O2S/c1-11-6-7-14(20-8-4-5-9-20)10-15(11)19-23(21,22)16-12(2)17-18-13(16)3/h6-7,10,19H,4-5,8-9H2,1-3H3,(H,17,18). The lowest BCUT2D eigenvalue weighted by atomic mass is 10.2. The van der Waals surface area contributed by atoms with Gasteiger partial charge in [-0.2, -0.15) is 5.10 Å². The first-order chi connectivity index (χ1) is 10.9. The van der Waals surface area contributed by atoms with Crippen LogP contribution in [0, 0.1) is 20.8 Å². The van der Waals surface area contributed by atoms with E-state index in [1.807, 2.05) is 25.1 Å². The highest BCUT2D eigenvalue weighted by Crippen LogP contribution is 2.28. The minimum atomic E-state index is -3.66. The Morgan fingerprint density at radius 3 is 2.48 bits per heavy atom. The molecule has 0 atom stereocenters. The zero-order valence-corrected chi connectivity index (χ0v) is 14.5. The second-order valence-electron chi connectivity index (χ2n) is 6.06. The van der Waals surface area contributed by atoms with Gasteiger partial charge in [-0.05, 0) is 51.3 Å². The quantitative estimate of drug-likeness (QED) is 0.901. The van der Waals surface area contributed by atoms with Crippen LogP contribution in [0.25, 0.3) is 0 Å². The minimum absolute atomic E-state index is 0.225. The molecule has 3 rings (SSSR count). The van der Waals surface area contributed by atoms with Gasteiger partial charge in [0.2, 0.25) is 0 Å². The average molecular weight is 334 g/mol. The Balaban J connectivity index is 1.94. The molecule has 7 heteroatoms. The number of aryl methyl sites for hydroxylation is 3. The van der Waals surface area contributed by atoms with Crippen LogP contribution in [0.4, 0.5) is 11.4 Å². The number of rotatable bonds is 4. The van der Waals surface area contributed by atoms with Crippen molar-refractivity contribution in [2.24, 2.45) is 0 Å². The van der Waals surface area contributed by atoms with E-state index in [1.165, 1.54) is 12.8 Å². The van der Waals surface area contributed by atoms with Gasteiger partial charge in [0.05, 0.1) is 17.1 Å². The van der Waals surface area contributed by atoms with Gasteiger partial charge in [-0.25, -0.2) is 8.42 Å². The van der Waals surface area contributed by atoms with E-state index in [4.69, 9.17) is 0 Å². The van der Waals surface area contributed by atoms with Crippen molar-refractivity contribution >= 4 is 21.4 Å². The molecule has 0 unspecified atom stereocenters. The Morgan fingerprint density at radius 1 is 1.17 bits per heavy atom. The SMILES string of the molecule is Cc1ccc(N2CCCC2)cc1NS(=O)(=O)c1c(C)n[nH]c1C. The number of nitrogens with zero attached hydrogens (tertiary/aromatic N) is 2. The van der Waals surface area contributed by atoms with E-state index in [-0.39, 0.29) is 4.90 Å². The molecular formula is C16H22N4O2S. The molecule has 1 aromatic carbocycles. The lowest BCUT2D eigenvalue weighted by molar-refractivity contribution is 0.600. The molecule has 0 aliphatic carbocycles. The van der Waals surface area contributed by atoms with Gasteiger partial charge in [-0.1, -0.05) is 6.07 Å². The summed E-state index contributed by atoms with van der Waals surface area (Å²) >= 11 is 0. The van der Waals surface area contributed by atoms with E-state index in [9.17, 15) is 8.42 Å². The monoisotopic (exact) mass is 334 g/mol. The molecule has 1 fully saturated rings. The first-order valence-electron chi connectivity index (χ1n) is 7.78. The molecule has 2 heterocycles. The Morgan fingerprint density at radius 2 is 1.87 bits per heavy atom. The Hall–Kier alpha value is -2.02. The van der Waals surface area contributed by atoms with Gasteiger partial charge in [-0.15, -0.1) is 0 Å². The number of benzene rings is 1. The van der Waals surface area contributed by atoms with Crippen LogP contribution in [0.5, 0.6) is 0 Å². The second-order valence-corrected chi connectivity index (χ2v) is 7.68. The number of H-pyrrole nitrogens is 1. The molecule has 1 aliphatic rings. The number of aromatic amines is 1. The summed E-state index contributed by atoms with van der Waals surface area (Å²) in [4.78, 5) is 2.51. The van der Waals surface area contributed by atoms with Crippen LogP contribution in [-0.4, -0.2) is 31.7 Å². The van der Waals surface area contributed by atoms with E-state index in [0.717, 1.165) is 24.3 Å². The summed E-state index contributed by atoms with van der Waals surface area (Å²) in [5, 5.41) is 6.70. The molecule has 2 N–H and O–H groups in total. The van der Waals surface area contributed by atoms with Crippen molar-refractivity contribution in [3.63, 3.8) is 0 Å². The number of hydrogen-bond donors (Lipinski definition) is 2. The van der Waals surface area contributed by atoms with Crippen LogP contribution in [0.15, 0.2) is 23.1 Å². The topological polar surface area (TPSA) is 78.1 Å². The van der Waals surface area contributed by atoms with Crippen LogP contribution in [0.1, 0.15) is 29.8 Å². The van der Waals surface area contributed by atoms with Gasteiger partial charge in [0.1, 0.15) is 4.90 Å². The van der Waals surface area contributed by atoms with Gasteiger partial charge in [0, 0.05) is 18.8 Å². The van der Waals surface area contributed by atoms with Gasteiger partial charge in [0.15, 0.2) is 0 Å². The fourth-order valence-corrected chi connectivity index (χ4v) is 4.52. The predicted molar refractivity (Wildman–Crippen MR) is 91.5 cm³/mol. The van der Waals surface area contributed by atoms with Crippen molar-refractivity contribution in [1.82, 2.24) is 10.2 Å². The Labute approximate surface area is 137 Å². The minimum Gasteiger partial charge on any atom is -0.371 e. The summed E-state index contributed by atoms with van der Waals surface area (Å²) in [6.07, 6.45) is 2.37. The highest BCUT2D eigenvalue weighted by Gasteiger charge is 2.23. The van der Waals surface area contributed by atoms with Crippen molar-refractivity contribution in [3.05, 3.63) is 35.2 Å². The molecule has 0 amide bonds. The van der Waals surface area contributed by atoms with E-state index in [2.05, 4.69) is 19.8 Å². The lowest BCUT2D eigenvalue weighted by Crippen LogP contribution is -2.19. The summed E-state index contributed by atoms with van der Waals surface area (Å²) in [6, 6.07) is 5.93. The third kappa shape index (κ3) is 3.06. The molecule has 1 aliphatic heterocycles. The highest BCUT2D eigenvalue weighted by molar-refractivity contribution is 7.92. The highest BCUT2D eigenvalue weighted by atomic mass is 32.2. The van der Waals surface area contributed by atoms with E-state index in [1.54, 1.807) is 13.8 Å². The number of anilines is 2. The summed E-state index contributed by atoms with van der Waals surface area (Å²) in [6.45, 7) is 7.35. The van der Waals surface area contributed by atoms with Gasteiger partial charge < -0.3 is 4.90 Å². The maximum absolute atomic E-state index is 12.7. The van der Waals surface area contributed by atoms with Crippen LogP contribution in [-0.2, 0) is 10.0 Å². The zero-order chi connectivity index (χ0) is 16.6. The second kappa shape index (κ2) is 5.88. The lowest BCUT2D eigenvalue weighted by Gasteiger charge is -2.20. The normalized spacial score (nSPS) is 15.2. The zero-order valence-electron chi connectivity index (χ0n) is 13.7. The van der Waals surface area contributed by atoms with Crippen molar-refractivity contribution < 1.29 is 8.42 Å². The molecule has 1 aromatic heterocycles. The maximum Gasteiger partial charge on any atom is 0.265 e. The van der Waals surface area contributed by atoms with Crippen LogP contribution >= 0.6 is 0 Å². The molecule has 6 nitrogen and oxygen atoms in total. The average Bonchev–Trinajstić information content (AvgIpc) is 3.11.